The van der Waals surface area contributed by atoms with E-state index in [0.717, 1.165) is 0 Å². The Hall–Kier alpha value is -4.08. The molecule has 0 aliphatic rings. The van der Waals surface area contributed by atoms with E-state index in [1.807, 2.05) is 0 Å². The van der Waals surface area contributed by atoms with Crippen molar-refractivity contribution < 1.29 is 24.2 Å². The van der Waals surface area contributed by atoms with Gasteiger partial charge in [-0.25, -0.2) is 9.48 Å². The third-order valence-corrected chi connectivity index (χ3v) is 3.97. The number of ether oxygens (including phenoxy) is 1. The average molecular weight is 395 g/mol. The van der Waals surface area contributed by atoms with Crippen molar-refractivity contribution in [2.24, 2.45) is 0 Å². The van der Waals surface area contributed by atoms with Gasteiger partial charge in [0.05, 0.1) is 23.5 Å². The summed E-state index contributed by atoms with van der Waals surface area (Å²) in [5.41, 5.74) is 0.978. The molecule has 0 aliphatic heterocycles. The Labute approximate surface area is 165 Å². The smallest absolute Gasteiger partial charge is 0.335 e. The lowest BCUT2D eigenvalue weighted by atomic mass is 10.1. The molecule has 0 spiro atoms. The van der Waals surface area contributed by atoms with Crippen LogP contribution in [-0.4, -0.2) is 49.6 Å². The second kappa shape index (κ2) is 8.30. The Morgan fingerprint density at radius 1 is 1.10 bits per heavy atom. The number of anilines is 1. The molecular formula is C19H17N5O5. The summed E-state index contributed by atoms with van der Waals surface area (Å²) in [4.78, 5) is 36.0. The van der Waals surface area contributed by atoms with E-state index in [9.17, 15) is 19.5 Å². The van der Waals surface area contributed by atoms with Crippen molar-refractivity contribution >= 4 is 23.3 Å². The Bertz CT molecular complexity index is 1080. The van der Waals surface area contributed by atoms with Gasteiger partial charge in [0, 0.05) is 11.1 Å². The van der Waals surface area contributed by atoms with Crippen molar-refractivity contribution in [2.75, 3.05) is 11.9 Å². The Kier molecular flexibility index (Phi) is 5.63. The molecule has 0 saturated carbocycles. The number of carbonyl (C=O) groups is 3. The minimum Gasteiger partial charge on any atom is -0.492 e. The molecule has 0 fully saturated rings. The molecule has 0 radical (unpaired) electrons. The van der Waals surface area contributed by atoms with E-state index < -0.39 is 11.9 Å². The van der Waals surface area contributed by atoms with Gasteiger partial charge in [0.2, 0.25) is 0 Å². The number of aromatic carboxylic acids is 1. The molecule has 1 amide bonds. The molecule has 148 valence electrons. The van der Waals surface area contributed by atoms with Crippen LogP contribution in [-0.2, 0) is 0 Å². The zero-order valence-electron chi connectivity index (χ0n) is 15.6. The van der Waals surface area contributed by atoms with E-state index in [4.69, 9.17) is 4.74 Å². The summed E-state index contributed by atoms with van der Waals surface area (Å²) in [5.74, 6) is -1.56. The van der Waals surface area contributed by atoms with Crippen LogP contribution in [0.1, 0.15) is 44.9 Å². The molecule has 3 aromatic rings. The molecule has 3 rings (SSSR count). The van der Waals surface area contributed by atoms with Crippen LogP contribution < -0.4 is 10.1 Å². The molecule has 0 bridgehead atoms. The van der Waals surface area contributed by atoms with E-state index in [0.29, 0.717) is 29.3 Å². The molecule has 1 heterocycles. The number of rotatable bonds is 7. The van der Waals surface area contributed by atoms with E-state index in [1.165, 1.54) is 42.2 Å². The van der Waals surface area contributed by atoms with Gasteiger partial charge in [-0.2, -0.15) is 0 Å². The monoisotopic (exact) mass is 395 g/mol. The molecule has 0 aliphatic carbocycles. The Morgan fingerprint density at radius 3 is 2.48 bits per heavy atom. The lowest BCUT2D eigenvalue weighted by Crippen LogP contribution is -2.15. The fraction of sp³-hybridized carbons (Fsp3) is 0.158. The number of amides is 1. The van der Waals surface area contributed by atoms with E-state index in [1.54, 1.807) is 19.1 Å². The van der Waals surface area contributed by atoms with Gasteiger partial charge in [-0.1, -0.05) is 0 Å². The number of benzene rings is 2. The maximum atomic E-state index is 12.8. The van der Waals surface area contributed by atoms with Crippen LogP contribution >= 0.6 is 0 Å². The van der Waals surface area contributed by atoms with Crippen LogP contribution in [0.15, 0.2) is 42.7 Å². The van der Waals surface area contributed by atoms with Gasteiger partial charge in [0.15, 0.2) is 5.78 Å². The van der Waals surface area contributed by atoms with Crippen LogP contribution in [0.5, 0.6) is 5.75 Å². The number of ketones is 1. The van der Waals surface area contributed by atoms with Gasteiger partial charge in [0.1, 0.15) is 12.1 Å². The topological polar surface area (TPSA) is 136 Å². The van der Waals surface area contributed by atoms with Crippen molar-refractivity contribution in [1.29, 1.82) is 0 Å². The molecule has 10 heteroatoms. The van der Waals surface area contributed by atoms with Crippen LogP contribution in [0.25, 0.3) is 5.69 Å². The third kappa shape index (κ3) is 4.43. The molecule has 10 nitrogen and oxygen atoms in total. The number of carboxylic acids is 1. The summed E-state index contributed by atoms with van der Waals surface area (Å²) in [5, 5.41) is 22.8. The minimum atomic E-state index is -1.21. The maximum Gasteiger partial charge on any atom is 0.335 e. The molecule has 0 unspecified atom stereocenters. The first-order valence-electron chi connectivity index (χ1n) is 8.60. The van der Waals surface area contributed by atoms with Crippen LogP contribution in [0.2, 0.25) is 0 Å². The molecular weight excluding hydrogens is 378 g/mol. The van der Waals surface area contributed by atoms with Crippen molar-refractivity contribution in [2.45, 2.75) is 13.8 Å². The molecule has 2 aromatic carbocycles. The van der Waals surface area contributed by atoms with E-state index in [2.05, 4.69) is 20.8 Å². The van der Waals surface area contributed by atoms with Crippen molar-refractivity contribution in [3.63, 3.8) is 0 Å². The zero-order valence-corrected chi connectivity index (χ0v) is 15.6. The lowest BCUT2D eigenvalue weighted by Gasteiger charge is -2.13. The highest BCUT2D eigenvalue weighted by Crippen LogP contribution is 2.27. The summed E-state index contributed by atoms with van der Waals surface area (Å²) >= 11 is 0. The van der Waals surface area contributed by atoms with E-state index >= 15 is 0 Å². The van der Waals surface area contributed by atoms with Crippen molar-refractivity contribution in [3.8, 4) is 11.4 Å². The number of hydrogen-bond acceptors (Lipinski definition) is 7. The maximum absolute atomic E-state index is 12.8. The highest BCUT2D eigenvalue weighted by Gasteiger charge is 2.16. The average Bonchev–Trinajstić information content (AvgIpc) is 3.23. The quantitative estimate of drug-likeness (QED) is 0.581. The fourth-order valence-corrected chi connectivity index (χ4v) is 2.60. The number of aromatic nitrogens is 4. The number of carbonyl (C=O) groups excluding carboxylic acids is 2. The number of nitrogens with one attached hydrogen (secondary N) is 1. The SMILES string of the molecule is CCOc1ccc(C(C)=O)cc1NC(=O)c1cc(C(=O)O)cc(-n2cnnn2)c1. The summed E-state index contributed by atoms with van der Waals surface area (Å²) in [7, 11) is 0. The van der Waals surface area contributed by atoms with Crippen LogP contribution in [0, 0.1) is 0 Å². The summed E-state index contributed by atoms with van der Waals surface area (Å²) < 4.78 is 6.74. The molecule has 2 N–H and O–H groups in total. The standard InChI is InChI=1S/C19H17N5O5/c1-3-29-17-5-4-12(11(2)25)9-16(17)21-18(26)13-6-14(19(27)28)8-15(7-13)24-10-20-22-23-24/h4-10H,3H2,1-2H3,(H,21,26)(H,27,28). The predicted octanol–water partition coefficient (Wildman–Crippen LogP) is 2.21. The molecule has 0 atom stereocenters. The number of nitrogens with zero attached hydrogens (tertiary/aromatic N) is 4. The number of Topliss-reactive ketones (excluding diaryl/α,β-unsaturated/α-hetero) is 1. The number of tetrazole rings is 1. The first kappa shape index (κ1) is 19.7. The van der Waals surface area contributed by atoms with Crippen LogP contribution in [0.4, 0.5) is 5.69 Å². The zero-order chi connectivity index (χ0) is 21.0. The van der Waals surface area contributed by atoms with Crippen molar-refractivity contribution in [3.05, 3.63) is 59.4 Å². The van der Waals surface area contributed by atoms with Gasteiger partial charge < -0.3 is 15.2 Å². The molecule has 0 saturated heterocycles. The fourth-order valence-electron chi connectivity index (χ4n) is 2.60. The largest absolute Gasteiger partial charge is 0.492 e. The molecule has 29 heavy (non-hydrogen) atoms. The third-order valence-electron chi connectivity index (χ3n) is 3.97. The van der Waals surface area contributed by atoms with Gasteiger partial charge in [-0.05, 0) is 60.7 Å². The van der Waals surface area contributed by atoms with Gasteiger partial charge in [0.25, 0.3) is 5.91 Å². The second-order valence-corrected chi connectivity index (χ2v) is 5.98. The minimum absolute atomic E-state index is 0.0751. The summed E-state index contributed by atoms with van der Waals surface area (Å²) in [6.07, 6.45) is 1.28. The summed E-state index contributed by atoms with van der Waals surface area (Å²) in [6, 6.07) is 8.74. The highest BCUT2D eigenvalue weighted by atomic mass is 16.5. The number of carboxylic acid groups (broad SMARTS) is 1. The normalized spacial score (nSPS) is 10.4. The highest BCUT2D eigenvalue weighted by molar-refractivity contribution is 6.07. The first-order valence-corrected chi connectivity index (χ1v) is 8.60. The first-order chi connectivity index (χ1) is 13.9. The lowest BCUT2D eigenvalue weighted by molar-refractivity contribution is 0.0696. The van der Waals surface area contributed by atoms with Gasteiger partial charge in [-0.15, -0.1) is 5.10 Å². The Balaban J connectivity index is 2.00. The Morgan fingerprint density at radius 2 is 1.86 bits per heavy atom. The predicted molar refractivity (Wildman–Crippen MR) is 102 cm³/mol. The van der Waals surface area contributed by atoms with Gasteiger partial charge >= 0.3 is 5.97 Å². The second-order valence-electron chi connectivity index (χ2n) is 5.98. The van der Waals surface area contributed by atoms with Crippen LogP contribution in [0.3, 0.4) is 0 Å². The van der Waals surface area contributed by atoms with Gasteiger partial charge in [-0.3, -0.25) is 9.59 Å². The summed E-state index contributed by atoms with van der Waals surface area (Å²) in [6.45, 7) is 3.57. The number of hydrogen-bond donors (Lipinski definition) is 2. The van der Waals surface area contributed by atoms with Crippen molar-refractivity contribution in [1.82, 2.24) is 20.2 Å². The molecule has 1 aromatic heterocycles. The van der Waals surface area contributed by atoms with E-state index in [-0.39, 0.29) is 16.9 Å².